The average Bonchev–Trinajstić information content (AvgIpc) is 2.31. The molecular formula is C13H27NO. The largest absolute Gasteiger partial charge is 0.492 e. The Bertz CT molecular complexity index is 181. The summed E-state index contributed by atoms with van der Waals surface area (Å²) in [5.74, 6) is 0.715. The van der Waals surface area contributed by atoms with E-state index in [1.807, 2.05) is 47.6 Å². The molecule has 0 spiro atoms. The van der Waals surface area contributed by atoms with E-state index in [-0.39, 0.29) is 0 Å². The fraction of sp³-hybridized carbons (Fsp3) is 0.538. The molecule has 2 N–H and O–H groups in total. The normalized spacial score (nSPS) is 10.3. The topological polar surface area (TPSA) is 35.2 Å². The van der Waals surface area contributed by atoms with Gasteiger partial charge in [-0.05, 0) is 26.0 Å². The van der Waals surface area contributed by atoms with Gasteiger partial charge in [0, 0.05) is 0 Å². The standard InChI is InChI=1S/C9H15NO.2C2H6/c1-4-7-8(10)9(5-2)11-6-3;2*1-2/h4-5,7H,1,6,10H2,2-3H3;2*1-2H3/b8-7+,9-5+;;. The van der Waals surface area contributed by atoms with Crippen LogP contribution < -0.4 is 5.73 Å². The van der Waals surface area contributed by atoms with Crippen LogP contribution >= 0.6 is 0 Å². The maximum absolute atomic E-state index is 5.62. The number of hydrogen-bond donors (Lipinski definition) is 1. The van der Waals surface area contributed by atoms with Gasteiger partial charge in [-0.3, -0.25) is 0 Å². The lowest BCUT2D eigenvalue weighted by Gasteiger charge is -2.06. The third kappa shape index (κ3) is 12.8. The van der Waals surface area contributed by atoms with E-state index in [1.54, 1.807) is 12.2 Å². The first-order valence-electron chi connectivity index (χ1n) is 5.63. The van der Waals surface area contributed by atoms with Crippen molar-refractivity contribution in [2.75, 3.05) is 6.61 Å². The van der Waals surface area contributed by atoms with Crippen molar-refractivity contribution in [3.63, 3.8) is 0 Å². The SMILES string of the molecule is C=C/C=C(N)\C(=C/C)OCC.CC.CC. The summed E-state index contributed by atoms with van der Waals surface area (Å²) in [6.07, 6.45) is 5.18. The minimum absolute atomic E-state index is 0.615. The van der Waals surface area contributed by atoms with Crippen LogP contribution in [0.4, 0.5) is 0 Å². The molecule has 90 valence electrons. The maximum atomic E-state index is 5.62. The zero-order valence-corrected chi connectivity index (χ0v) is 11.1. The summed E-state index contributed by atoms with van der Waals surface area (Å²) < 4.78 is 5.23. The van der Waals surface area contributed by atoms with Crippen LogP contribution in [0.1, 0.15) is 41.5 Å². The molecule has 0 aromatic carbocycles. The van der Waals surface area contributed by atoms with Crippen molar-refractivity contribution in [3.8, 4) is 0 Å². The van der Waals surface area contributed by atoms with Crippen LogP contribution in [-0.4, -0.2) is 6.61 Å². The van der Waals surface area contributed by atoms with Gasteiger partial charge >= 0.3 is 0 Å². The number of ether oxygens (including phenoxy) is 1. The lowest BCUT2D eigenvalue weighted by Crippen LogP contribution is -2.04. The van der Waals surface area contributed by atoms with Gasteiger partial charge in [0.1, 0.15) is 5.76 Å². The van der Waals surface area contributed by atoms with Gasteiger partial charge in [-0.25, -0.2) is 0 Å². The van der Waals surface area contributed by atoms with Crippen LogP contribution in [0.25, 0.3) is 0 Å². The molecule has 0 aliphatic rings. The summed E-state index contributed by atoms with van der Waals surface area (Å²) in [5, 5.41) is 0. The third-order valence-corrected chi connectivity index (χ3v) is 1.14. The third-order valence-electron chi connectivity index (χ3n) is 1.14. The Labute approximate surface area is 95.5 Å². The Kier molecular flexibility index (Phi) is 24.0. The highest BCUT2D eigenvalue weighted by Crippen LogP contribution is 2.04. The van der Waals surface area contributed by atoms with E-state index >= 15 is 0 Å². The molecule has 0 saturated carbocycles. The number of nitrogens with two attached hydrogens (primary N) is 1. The number of rotatable bonds is 4. The van der Waals surface area contributed by atoms with Crippen molar-refractivity contribution in [3.05, 3.63) is 36.3 Å². The Hall–Kier alpha value is -1.18. The summed E-state index contributed by atoms with van der Waals surface area (Å²) in [6.45, 7) is 16.0. The fourth-order valence-electron chi connectivity index (χ4n) is 0.698. The van der Waals surface area contributed by atoms with Crippen molar-refractivity contribution in [2.24, 2.45) is 5.73 Å². The van der Waals surface area contributed by atoms with E-state index in [1.165, 1.54) is 0 Å². The van der Waals surface area contributed by atoms with Crippen molar-refractivity contribution in [1.29, 1.82) is 0 Å². The van der Waals surface area contributed by atoms with Gasteiger partial charge in [0.2, 0.25) is 0 Å². The lowest BCUT2D eigenvalue weighted by atomic mass is 10.3. The number of allylic oxidation sites excluding steroid dienone is 3. The summed E-state index contributed by atoms with van der Waals surface area (Å²) in [4.78, 5) is 0. The van der Waals surface area contributed by atoms with Gasteiger partial charge in [-0.1, -0.05) is 40.3 Å². The zero-order valence-electron chi connectivity index (χ0n) is 11.1. The molecule has 0 amide bonds. The molecule has 0 aromatic rings. The second-order valence-electron chi connectivity index (χ2n) is 1.94. The minimum Gasteiger partial charge on any atom is -0.492 e. The molecule has 2 heteroatoms. The molecule has 0 unspecified atom stereocenters. The van der Waals surface area contributed by atoms with Crippen LogP contribution in [0.5, 0.6) is 0 Å². The second-order valence-corrected chi connectivity index (χ2v) is 1.94. The highest BCUT2D eigenvalue weighted by atomic mass is 16.5. The molecule has 0 bridgehead atoms. The van der Waals surface area contributed by atoms with Crippen molar-refractivity contribution >= 4 is 0 Å². The van der Waals surface area contributed by atoms with Gasteiger partial charge in [0.05, 0.1) is 12.3 Å². The van der Waals surface area contributed by atoms with Crippen LogP contribution in [0.2, 0.25) is 0 Å². The minimum atomic E-state index is 0.615. The summed E-state index contributed by atoms with van der Waals surface area (Å²) in [5.41, 5.74) is 6.24. The second kappa shape index (κ2) is 18.6. The highest BCUT2D eigenvalue weighted by Gasteiger charge is 1.96. The molecule has 0 rings (SSSR count). The lowest BCUT2D eigenvalue weighted by molar-refractivity contribution is 0.236. The van der Waals surface area contributed by atoms with Gasteiger partial charge in [0.25, 0.3) is 0 Å². The molecule has 2 nitrogen and oxygen atoms in total. The smallest absolute Gasteiger partial charge is 0.137 e. The molecule has 0 saturated heterocycles. The van der Waals surface area contributed by atoms with E-state index in [0.717, 1.165) is 0 Å². The summed E-state index contributed by atoms with van der Waals surface area (Å²) in [7, 11) is 0. The van der Waals surface area contributed by atoms with E-state index in [2.05, 4.69) is 6.58 Å². The molecule has 15 heavy (non-hydrogen) atoms. The molecule has 0 atom stereocenters. The van der Waals surface area contributed by atoms with E-state index in [0.29, 0.717) is 18.1 Å². The monoisotopic (exact) mass is 213 g/mol. The Balaban J connectivity index is -0.000000318. The quantitative estimate of drug-likeness (QED) is 0.565. The predicted molar refractivity (Wildman–Crippen MR) is 70.5 cm³/mol. The molecular weight excluding hydrogens is 186 g/mol. The molecule has 0 heterocycles. The first-order valence-corrected chi connectivity index (χ1v) is 5.63. The Morgan fingerprint density at radius 3 is 2.00 bits per heavy atom. The molecule has 0 aromatic heterocycles. The Morgan fingerprint density at radius 2 is 1.73 bits per heavy atom. The van der Waals surface area contributed by atoms with E-state index in [4.69, 9.17) is 10.5 Å². The first kappa shape index (κ1) is 19.4. The maximum Gasteiger partial charge on any atom is 0.137 e. The van der Waals surface area contributed by atoms with Gasteiger partial charge in [0.15, 0.2) is 0 Å². The van der Waals surface area contributed by atoms with Crippen molar-refractivity contribution in [2.45, 2.75) is 41.5 Å². The van der Waals surface area contributed by atoms with Crippen LogP contribution in [0, 0.1) is 0 Å². The van der Waals surface area contributed by atoms with Gasteiger partial charge < -0.3 is 10.5 Å². The molecule has 0 radical (unpaired) electrons. The van der Waals surface area contributed by atoms with Gasteiger partial charge in [-0.2, -0.15) is 0 Å². The average molecular weight is 213 g/mol. The van der Waals surface area contributed by atoms with Crippen LogP contribution in [0.3, 0.4) is 0 Å². The van der Waals surface area contributed by atoms with E-state index < -0.39 is 0 Å². The number of hydrogen-bond acceptors (Lipinski definition) is 2. The highest BCUT2D eigenvalue weighted by molar-refractivity contribution is 5.25. The van der Waals surface area contributed by atoms with Crippen molar-refractivity contribution in [1.82, 2.24) is 0 Å². The predicted octanol–water partition coefficient (Wildman–Crippen LogP) is 4.01. The summed E-state index contributed by atoms with van der Waals surface area (Å²) >= 11 is 0. The molecule has 0 aliphatic heterocycles. The summed E-state index contributed by atoms with van der Waals surface area (Å²) in [6, 6.07) is 0. The zero-order chi connectivity index (χ0) is 12.7. The molecule has 0 aliphatic carbocycles. The van der Waals surface area contributed by atoms with E-state index in [9.17, 15) is 0 Å². The first-order chi connectivity index (χ1) is 7.26. The van der Waals surface area contributed by atoms with Crippen molar-refractivity contribution < 1.29 is 4.74 Å². The fourth-order valence-corrected chi connectivity index (χ4v) is 0.698. The van der Waals surface area contributed by atoms with Gasteiger partial charge in [-0.15, -0.1) is 0 Å². The molecule has 0 fully saturated rings. The van der Waals surface area contributed by atoms with Crippen LogP contribution in [-0.2, 0) is 4.74 Å². The Morgan fingerprint density at radius 1 is 1.27 bits per heavy atom. The van der Waals surface area contributed by atoms with Crippen LogP contribution in [0.15, 0.2) is 36.3 Å².